The predicted octanol–water partition coefficient (Wildman–Crippen LogP) is 1.58. The predicted molar refractivity (Wildman–Crippen MR) is 74.1 cm³/mol. The standard InChI is InChI=1S/C14H25NO5/c1-9(14(2,3)4)8-11(16)15-10(13(18)19)6-7-12(17)20-5/h9-10H,6-8H2,1-5H3,(H,15,16)(H,18,19). The van der Waals surface area contributed by atoms with Crippen LogP contribution in [0.3, 0.4) is 0 Å². The molecule has 6 heteroatoms. The molecule has 0 bridgehead atoms. The van der Waals surface area contributed by atoms with Crippen LogP contribution >= 0.6 is 0 Å². The van der Waals surface area contributed by atoms with E-state index in [1.165, 1.54) is 7.11 Å². The maximum Gasteiger partial charge on any atom is 0.326 e. The molecule has 1 amide bonds. The van der Waals surface area contributed by atoms with Crippen molar-refractivity contribution in [3.05, 3.63) is 0 Å². The van der Waals surface area contributed by atoms with E-state index in [9.17, 15) is 14.4 Å². The third-order valence-corrected chi connectivity index (χ3v) is 3.47. The molecule has 2 atom stereocenters. The van der Waals surface area contributed by atoms with Gasteiger partial charge in [-0.15, -0.1) is 0 Å². The zero-order valence-corrected chi connectivity index (χ0v) is 12.9. The molecule has 0 heterocycles. The average molecular weight is 287 g/mol. The highest BCUT2D eigenvalue weighted by Crippen LogP contribution is 2.27. The van der Waals surface area contributed by atoms with Crippen LogP contribution in [0, 0.1) is 11.3 Å². The minimum Gasteiger partial charge on any atom is -0.480 e. The van der Waals surface area contributed by atoms with E-state index in [0.717, 1.165) is 0 Å². The van der Waals surface area contributed by atoms with Crippen LogP contribution in [0.2, 0.25) is 0 Å². The molecule has 0 saturated carbocycles. The minimum absolute atomic E-state index is 0.0254. The van der Waals surface area contributed by atoms with E-state index in [4.69, 9.17) is 5.11 Å². The van der Waals surface area contributed by atoms with Crippen molar-refractivity contribution in [2.24, 2.45) is 11.3 Å². The van der Waals surface area contributed by atoms with Crippen molar-refractivity contribution in [3.8, 4) is 0 Å². The first kappa shape index (κ1) is 18.4. The first-order valence-corrected chi connectivity index (χ1v) is 6.67. The van der Waals surface area contributed by atoms with Crippen LogP contribution in [-0.2, 0) is 19.1 Å². The molecule has 0 radical (unpaired) electrons. The molecule has 0 rings (SSSR count). The molecule has 0 spiro atoms. The van der Waals surface area contributed by atoms with Gasteiger partial charge in [-0.05, 0) is 17.8 Å². The highest BCUT2D eigenvalue weighted by atomic mass is 16.5. The molecule has 6 nitrogen and oxygen atoms in total. The first-order valence-electron chi connectivity index (χ1n) is 6.67. The molecule has 116 valence electrons. The summed E-state index contributed by atoms with van der Waals surface area (Å²) in [5, 5.41) is 11.5. The quantitative estimate of drug-likeness (QED) is 0.693. The Morgan fingerprint density at radius 1 is 1.25 bits per heavy atom. The Morgan fingerprint density at radius 2 is 1.80 bits per heavy atom. The number of carbonyl (C=O) groups is 3. The van der Waals surface area contributed by atoms with E-state index in [-0.39, 0.29) is 36.5 Å². The van der Waals surface area contributed by atoms with Crippen LogP contribution in [0.15, 0.2) is 0 Å². The summed E-state index contributed by atoms with van der Waals surface area (Å²) >= 11 is 0. The van der Waals surface area contributed by atoms with Gasteiger partial charge in [-0.25, -0.2) is 4.79 Å². The van der Waals surface area contributed by atoms with Crippen LogP contribution in [0.1, 0.15) is 47.0 Å². The van der Waals surface area contributed by atoms with Gasteiger partial charge in [-0.2, -0.15) is 0 Å². The summed E-state index contributed by atoms with van der Waals surface area (Å²) < 4.78 is 4.45. The largest absolute Gasteiger partial charge is 0.480 e. The lowest BCUT2D eigenvalue weighted by Gasteiger charge is -2.27. The van der Waals surface area contributed by atoms with E-state index < -0.39 is 18.0 Å². The summed E-state index contributed by atoms with van der Waals surface area (Å²) in [5.41, 5.74) is -0.0257. The van der Waals surface area contributed by atoms with Crippen molar-refractivity contribution >= 4 is 17.8 Å². The van der Waals surface area contributed by atoms with Crippen LogP contribution < -0.4 is 5.32 Å². The fraction of sp³-hybridized carbons (Fsp3) is 0.786. The first-order chi connectivity index (χ1) is 9.07. The van der Waals surface area contributed by atoms with Crippen molar-refractivity contribution < 1.29 is 24.2 Å². The molecule has 20 heavy (non-hydrogen) atoms. The fourth-order valence-corrected chi connectivity index (χ4v) is 1.46. The van der Waals surface area contributed by atoms with E-state index in [2.05, 4.69) is 10.1 Å². The second kappa shape index (κ2) is 7.87. The topological polar surface area (TPSA) is 92.7 Å². The Morgan fingerprint density at radius 3 is 2.20 bits per heavy atom. The zero-order valence-electron chi connectivity index (χ0n) is 12.9. The molecule has 0 aromatic carbocycles. The summed E-state index contributed by atoms with van der Waals surface area (Å²) in [6, 6.07) is -1.06. The average Bonchev–Trinajstić information content (AvgIpc) is 2.32. The van der Waals surface area contributed by atoms with Gasteiger partial charge in [0.2, 0.25) is 5.91 Å². The van der Waals surface area contributed by atoms with E-state index in [0.29, 0.717) is 0 Å². The Hall–Kier alpha value is -1.59. The number of methoxy groups -OCH3 is 1. The zero-order chi connectivity index (χ0) is 15.9. The Labute approximate surface area is 119 Å². The Bertz CT molecular complexity index is 359. The van der Waals surface area contributed by atoms with Crippen LogP contribution in [0.25, 0.3) is 0 Å². The molecular weight excluding hydrogens is 262 g/mol. The number of ether oxygens (including phenoxy) is 1. The van der Waals surface area contributed by atoms with Gasteiger partial charge in [0, 0.05) is 12.8 Å². The second-order valence-corrected chi connectivity index (χ2v) is 6.04. The minimum atomic E-state index is -1.15. The lowest BCUT2D eigenvalue weighted by atomic mass is 9.80. The number of carboxylic acids is 1. The van der Waals surface area contributed by atoms with Crippen molar-refractivity contribution in [1.29, 1.82) is 0 Å². The molecule has 0 aromatic rings. The van der Waals surface area contributed by atoms with Gasteiger partial charge in [0.15, 0.2) is 0 Å². The van der Waals surface area contributed by atoms with Gasteiger partial charge in [-0.1, -0.05) is 27.7 Å². The van der Waals surface area contributed by atoms with Gasteiger partial charge in [0.05, 0.1) is 7.11 Å². The number of hydrogen-bond donors (Lipinski definition) is 2. The normalized spacial score (nSPS) is 14.2. The van der Waals surface area contributed by atoms with Gasteiger partial charge in [0.25, 0.3) is 0 Å². The molecule has 0 fully saturated rings. The number of rotatable bonds is 7. The lowest BCUT2D eigenvalue weighted by Crippen LogP contribution is -2.42. The molecule has 0 aliphatic carbocycles. The summed E-state index contributed by atoms with van der Waals surface area (Å²) in [4.78, 5) is 33.9. The SMILES string of the molecule is COC(=O)CCC(NC(=O)CC(C)C(C)(C)C)C(=O)O. The van der Waals surface area contributed by atoms with Crippen molar-refractivity contribution in [1.82, 2.24) is 5.32 Å². The number of nitrogens with one attached hydrogen (secondary N) is 1. The highest BCUT2D eigenvalue weighted by molar-refractivity contribution is 5.84. The Balaban J connectivity index is 4.42. The molecule has 2 unspecified atom stereocenters. The maximum absolute atomic E-state index is 11.8. The fourth-order valence-electron chi connectivity index (χ4n) is 1.46. The summed E-state index contributed by atoms with van der Waals surface area (Å²) in [6.45, 7) is 8.02. The van der Waals surface area contributed by atoms with Crippen molar-refractivity contribution in [2.45, 2.75) is 53.0 Å². The van der Waals surface area contributed by atoms with Crippen LogP contribution in [0.5, 0.6) is 0 Å². The van der Waals surface area contributed by atoms with Crippen molar-refractivity contribution in [3.63, 3.8) is 0 Å². The van der Waals surface area contributed by atoms with Gasteiger partial charge in [-0.3, -0.25) is 9.59 Å². The molecular formula is C14H25NO5. The molecule has 0 saturated heterocycles. The highest BCUT2D eigenvalue weighted by Gasteiger charge is 2.26. The van der Waals surface area contributed by atoms with E-state index >= 15 is 0 Å². The summed E-state index contributed by atoms with van der Waals surface area (Å²) in [6.07, 6.45) is 0.242. The van der Waals surface area contributed by atoms with Crippen molar-refractivity contribution in [2.75, 3.05) is 7.11 Å². The molecule has 0 aromatic heterocycles. The Kier molecular flexibility index (Phi) is 7.24. The third kappa shape index (κ3) is 7.11. The number of carbonyl (C=O) groups excluding carboxylic acids is 2. The number of aliphatic carboxylic acids is 1. The van der Waals surface area contributed by atoms with E-state index in [1.54, 1.807) is 0 Å². The number of hydrogen-bond acceptors (Lipinski definition) is 4. The second-order valence-electron chi connectivity index (χ2n) is 6.04. The lowest BCUT2D eigenvalue weighted by molar-refractivity contribution is -0.144. The smallest absolute Gasteiger partial charge is 0.326 e. The third-order valence-electron chi connectivity index (χ3n) is 3.47. The summed E-state index contributed by atoms with van der Waals surface area (Å²) in [7, 11) is 1.24. The monoisotopic (exact) mass is 287 g/mol. The van der Waals surface area contributed by atoms with Gasteiger partial charge >= 0.3 is 11.9 Å². The maximum atomic E-state index is 11.8. The van der Waals surface area contributed by atoms with Crippen LogP contribution in [-0.4, -0.2) is 36.1 Å². The molecule has 0 aliphatic rings. The van der Waals surface area contributed by atoms with E-state index in [1.807, 2.05) is 27.7 Å². The molecule has 0 aliphatic heterocycles. The van der Waals surface area contributed by atoms with Crippen LogP contribution in [0.4, 0.5) is 0 Å². The number of esters is 1. The van der Waals surface area contributed by atoms with Gasteiger partial charge in [0.1, 0.15) is 6.04 Å². The number of carboxylic acid groups (broad SMARTS) is 1. The molecule has 2 N–H and O–H groups in total. The summed E-state index contributed by atoms with van der Waals surface area (Å²) in [5.74, 6) is -1.83. The van der Waals surface area contributed by atoms with Gasteiger partial charge < -0.3 is 15.2 Å². The number of amides is 1.